The molecule has 1 N–H and O–H groups in total. The number of carboxylic acids is 1. The summed E-state index contributed by atoms with van der Waals surface area (Å²) in [7, 11) is 0. The lowest BCUT2D eigenvalue weighted by Crippen LogP contribution is -2.11. The van der Waals surface area contributed by atoms with E-state index >= 15 is 0 Å². The SMILES string of the molecule is CC(C)COCCOC(=O)C/C=C/CC(=O)O. The molecule has 98 valence electrons. The van der Waals surface area contributed by atoms with Gasteiger partial charge in [-0.2, -0.15) is 0 Å². The third-order valence-corrected chi connectivity index (χ3v) is 1.69. The van der Waals surface area contributed by atoms with E-state index in [0.717, 1.165) is 0 Å². The summed E-state index contributed by atoms with van der Waals surface area (Å²) in [5.41, 5.74) is 0. The molecule has 0 aromatic carbocycles. The Kier molecular flexibility index (Phi) is 9.05. The maximum Gasteiger partial charge on any atom is 0.309 e. The molecule has 0 aliphatic rings. The molecule has 5 nitrogen and oxygen atoms in total. The zero-order valence-corrected chi connectivity index (χ0v) is 10.3. The Morgan fingerprint density at radius 1 is 1.18 bits per heavy atom. The van der Waals surface area contributed by atoms with Crippen molar-refractivity contribution in [3.05, 3.63) is 12.2 Å². The fourth-order valence-electron chi connectivity index (χ4n) is 0.956. The first kappa shape index (κ1) is 15.6. The first-order chi connectivity index (χ1) is 8.02. The molecule has 0 aromatic heterocycles. The molecule has 0 heterocycles. The van der Waals surface area contributed by atoms with Crippen molar-refractivity contribution in [2.45, 2.75) is 26.7 Å². The number of ether oxygens (including phenoxy) is 2. The molecule has 0 unspecified atom stereocenters. The summed E-state index contributed by atoms with van der Waals surface area (Å²) in [6.07, 6.45) is 2.94. The Morgan fingerprint density at radius 3 is 2.41 bits per heavy atom. The van der Waals surface area contributed by atoms with Crippen LogP contribution in [0.15, 0.2) is 12.2 Å². The van der Waals surface area contributed by atoms with E-state index in [4.69, 9.17) is 14.6 Å². The van der Waals surface area contributed by atoms with Gasteiger partial charge < -0.3 is 14.6 Å². The molecule has 0 amide bonds. The average Bonchev–Trinajstić information content (AvgIpc) is 2.23. The molecule has 0 aliphatic carbocycles. The van der Waals surface area contributed by atoms with Gasteiger partial charge in [-0.25, -0.2) is 0 Å². The van der Waals surface area contributed by atoms with Gasteiger partial charge in [0.05, 0.1) is 19.4 Å². The van der Waals surface area contributed by atoms with Crippen LogP contribution in [0.2, 0.25) is 0 Å². The molecule has 0 aliphatic heterocycles. The fraction of sp³-hybridized carbons (Fsp3) is 0.667. The number of esters is 1. The topological polar surface area (TPSA) is 72.8 Å². The Labute approximate surface area is 101 Å². The monoisotopic (exact) mass is 244 g/mol. The lowest BCUT2D eigenvalue weighted by molar-refractivity contribution is -0.144. The van der Waals surface area contributed by atoms with E-state index in [2.05, 4.69) is 0 Å². The Bertz CT molecular complexity index is 258. The third kappa shape index (κ3) is 12.6. The minimum Gasteiger partial charge on any atom is -0.481 e. The summed E-state index contributed by atoms with van der Waals surface area (Å²) >= 11 is 0. The van der Waals surface area contributed by atoms with Gasteiger partial charge in [-0.15, -0.1) is 0 Å². The van der Waals surface area contributed by atoms with Crippen LogP contribution in [0.4, 0.5) is 0 Å². The molecule has 5 heteroatoms. The Morgan fingerprint density at radius 2 is 1.82 bits per heavy atom. The van der Waals surface area contributed by atoms with E-state index in [9.17, 15) is 9.59 Å². The standard InChI is InChI=1S/C12H20O5/c1-10(2)9-16-7-8-17-12(15)6-4-3-5-11(13)14/h3-4,10H,5-9H2,1-2H3,(H,13,14)/b4-3+. The Balaban J connectivity index is 3.40. The minimum atomic E-state index is -0.920. The fourth-order valence-corrected chi connectivity index (χ4v) is 0.956. The molecule has 0 saturated carbocycles. The molecule has 0 rings (SSSR count). The molecular weight excluding hydrogens is 224 g/mol. The highest BCUT2D eigenvalue weighted by atomic mass is 16.6. The first-order valence-electron chi connectivity index (χ1n) is 5.62. The third-order valence-electron chi connectivity index (χ3n) is 1.69. The maximum atomic E-state index is 11.1. The largest absolute Gasteiger partial charge is 0.481 e. The second-order valence-corrected chi connectivity index (χ2v) is 3.96. The predicted octanol–water partition coefficient (Wildman–Crippen LogP) is 1.62. The van der Waals surface area contributed by atoms with Crippen molar-refractivity contribution in [1.82, 2.24) is 0 Å². The first-order valence-corrected chi connectivity index (χ1v) is 5.62. The summed E-state index contributed by atoms with van der Waals surface area (Å²) in [5, 5.41) is 8.34. The van der Waals surface area contributed by atoms with Gasteiger partial charge in [-0.1, -0.05) is 26.0 Å². The van der Waals surface area contributed by atoms with Gasteiger partial charge in [-0.3, -0.25) is 9.59 Å². The van der Waals surface area contributed by atoms with Crippen molar-refractivity contribution >= 4 is 11.9 Å². The zero-order valence-electron chi connectivity index (χ0n) is 10.3. The summed E-state index contributed by atoms with van der Waals surface area (Å²) in [4.78, 5) is 21.3. The number of carboxylic acid groups (broad SMARTS) is 1. The molecule has 17 heavy (non-hydrogen) atoms. The highest BCUT2D eigenvalue weighted by Crippen LogP contribution is 1.94. The van der Waals surface area contributed by atoms with Gasteiger partial charge in [0, 0.05) is 6.61 Å². The van der Waals surface area contributed by atoms with E-state index in [-0.39, 0.29) is 25.4 Å². The Hall–Kier alpha value is -1.36. The summed E-state index contributed by atoms with van der Waals surface area (Å²) in [6, 6.07) is 0. The molecule has 0 fully saturated rings. The molecule has 0 bridgehead atoms. The van der Waals surface area contributed by atoms with Crippen molar-refractivity contribution < 1.29 is 24.2 Å². The van der Waals surface area contributed by atoms with Gasteiger partial charge in [0.2, 0.25) is 0 Å². The van der Waals surface area contributed by atoms with Crippen LogP contribution in [0.1, 0.15) is 26.7 Å². The van der Waals surface area contributed by atoms with Crippen molar-refractivity contribution in [3.8, 4) is 0 Å². The molecule has 0 saturated heterocycles. The van der Waals surface area contributed by atoms with Crippen LogP contribution in [0, 0.1) is 5.92 Å². The van der Waals surface area contributed by atoms with Crippen LogP contribution in [0.5, 0.6) is 0 Å². The zero-order chi connectivity index (χ0) is 13.1. The molecule has 0 spiro atoms. The van der Waals surface area contributed by atoms with Gasteiger partial charge in [0.25, 0.3) is 0 Å². The van der Waals surface area contributed by atoms with Crippen LogP contribution >= 0.6 is 0 Å². The van der Waals surface area contributed by atoms with Gasteiger partial charge in [0.1, 0.15) is 6.61 Å². The van der Waals surface area contributed by atoms with Crippen molar-refractivity contribution in [2.75, 3.05) is 19.8 Å². The number of carbonyl (C=O) groups excluding carboxylic acids is 1. The molecular formula is C12H20O5. The number of aliphatic carboxylic acids is 1. The van der Waals surface area contributed by atoms with Crippen LogP contribution in [0.3, 0.4) is 0 Å². The van der Waals surface area contributed by atoms with Crippen LogP contribution in [0.25, 0.3) is 0 Å². The van der Waals surface area contributed by atoms with Gasteiger partial charge >= 0.3 is 11.9 Å². The second kappa shape index (κ2) is 9.84. The lowest BCUT2D eigenvalue weighted by Gasteiger charge is -2.06. The quantitative estimate of drug-likeness (QED) is 0.379. The minimum absolute atomic E-state index is 0.0786. The molecule has 0 aromatic rings. The van der Waals surface area contributed by atoms with E-state index in [0.29, 0.717) is 19.1 Å². The molecule has 0 radical (unpaired) electrons. The number of hydrogen-bond acceptors (Lipinski definition) is 4. The van der Waals surface area contributed by atoms with Crippen LogP contribution in [-0.4, -0.2) is 36.9 Å². The highest BCUT2D eigenvalue weighted by molar-refractivity contribution is 5.72. The van der Waals surface area contributed by atoms with E-state index in [1.165, 1.54) is 12.2 Å². The van der Waals surface area contributed by atoms with E-state index in [1.54, 1.807) is 0 Å². The predicted molar refractivity (Wildman–Crippen MR) is 62.6 cm³/mol. The second-order valence-electron chi connectivity index (χ2n) is 3.96. The maximum absolute atomic E-state index is 11.1. The number of rotatable bonds is 9. The normalized spacial score (nSPS) is 11.0. The smallest absolute Gasteiger partial charge is 0.309 e. The van der Waals surface area contributed by atoms with E-state index in [1.807, 2.05) is 13.8 Å². The van der Waals surface area contributed by atoms with Gasteiger partial charge in [0.15, 0.2) is 0 Å². The number of hydrogen-bond donors (Lipinski definition) is 1. The van der Waals surface area contributed by atoms with Gasteiger partial charge in [-0.05, 0) is 5.92 Å². The summed E-state index contributed by atoms with van der Waals surface area (Å²) in [5.74, 6) is -0.832. The molecule has 0 atom stereocenters. The number of carbonyl (C=O) groups is 2. The van der Waals surface area contributed by atoms with Crippen LogP contribution < -0.4 is 0 Å². The average molecular weight is 244 g/mol. The summed E-state index contributed by atoms with van der Waals surface area (Å²) < 4.78 is 10.1. The lowest BCUT2D eigenvalue weighted by atomic mass is 10.2. The summed E-state index contributed by atoms with van der Waals surface area (Å²) in [6.45, 7) is 5.36. The van der Waals surface area contributed by atoms with Crippen molar-refractivity contribution in [1.29, 1.82) is 0 Å². The van der Waals surface area contributed by atoms with E-state index < -0.39 is 5.97 Å². The van der Waals surface area contributed by atoms with Crippen molar-refractivity contribution in [2.24, 2.45) is 5.92 Å². The van der Waals surface area contributed by atoms with Crippen LogP contribution in [-0.2, 0) is 19.1 Å². The highest BCUT2D eigenvalue weighted by Gasteiger charge is 2.00. The van der Waals surface area contributed by atoms with Crippen molar-refractivity contribution in [3.63, 3.8) is 0 Å².